The lowest BCUT2D eigenvalue weighted by Gasteiger charge is -2.14. The van der Waals surface area contributed by atoms with E-state index in [-0.39, 0.29) is 0 Å². The van der Waals surface area contributed by atoms with Crippen LogP contribution in [0.25, 0.3) is 0 Å². The second-order valence-corrected chi connectivity index (χ2v) is 3.90. The van der Waals surface area contributed by atoms with Crippen molar-refractivity contribution in [3.63, 3.8) is 0 Å². The van der Waals surface area contributed by atoms with Crippen LogP contribution < -0.4 is 5.32 Å². The van der Waals surface area contributed by atoms with E-state index >= 15 is 0 Å². The lowest BCUT2D eigenvalue weighted by Crippen LogP contribution is -2.43. The highest BCUT2D eigenvalue weighted by atomic mass is 16.6. The summed E-state index contributed by atoms with van der Waals surface area (Å²) < 4.78 is 5.07. The van der Waals surface area contributed by atoms with E-state index in [4.69, 9.17) is 9.84 Å². The second kappa shape index (κ2) is 6.15. The third kappa shape index (κ3) is 2.91. The molecule has 0 aromatic rings. The van der Waals surface area contributed by atoms with E-state index in [1.165, 1.54) is 0 Å². The molecule has 1 amide bonds. The van der Waals surface area contributed by atoms with Crippen LogP contribution in [0.1, 0.15) is 19.8 Å². The highest BCUT2D eigenvalue weighted by Crippen LogP contribution is 2.21. The summed E-state index contributed by atoms with van der Waals surface area (Å²) >= 11 is 0. The molecule has 1 fully saturated rings. The molecule has 0 spiro atoms. The summed E-state index contributed by atoms with van der Waals surface area (Å²) in [6, 6.07) is 0. The Kier molecular flexibility index (Phi) is 5.14. The molecule has 4 N–H and O–H groups in total. The van der Waals surface area contributed by atoms with Gasteiger partial charge < -0.3 is 25.4 Å². The third-order valence-electron chi connectivity index (χ3n) is 2.63. The molecule has 0 aromatic heterocycles. The molecule has 6 heteroatoms. The zero-order chi connectivity index (χ0) is 12.1. The lowest BCUT2D eigenvalue weighted by atomic mass is 10.1. The Morgan fingerprint density at radius 1 is 1.38 bits per heavy atom. The van der Waals surface area contributed by atoms with E-state index in [0.29, 0.717) is 6.54 Å². The van der Waals surface area contributed by atoms with Gasteiger partial charge in [-0.1, -0.05) is 13.3 Å². The number of hydrogen-bond donors (Lipinski definition) is 4. The average Bonchev–Trinajstić information content (AvgIpc) is 2.56. The number of aliphatic hydroxyl groups excluding tert-OH is 3. The van der Waals surface area contributed by atoms with Gasteiger partial charge in [0.15, 0.2) is 6.10 Å². The molecular weight excluding hydrogens is 214 g/mol. The van der Waals surface area contributed by atoms with Crippen molar-refractivity contribution in [2.75, 3.05) is 13.2 Å². The van der Waals surface area contributed by atoms with Crippen molar-refractivity contribution in [1.29, 1.82) is 0 Å². The maximum atomic E-state index is 11.5. The van der Waals surface area contributed by atoms with Gasteiger partial charge in [-0.25, -0.2) is 0 Å². The van der Waals surface area contributed by atoms with Gasteiger partial charge in [0.05, 0.1) is 6.61 Å². The smallest absolute Gasteiger partial charge is 0.251 e. The van der Waals surface area contributed by atoms with E-state index in [9.17, 15) is 15.0 Å². The number of carbonyl (C=O) groups is 1. The topological polar surface area (TPSA) is 99.0 Å². The molecule has 1 rings (SSSR count). The van der Waals surface area contributed by atoms with Crippen molar-refractivity contribution in [3.8, 4) is 0 Å². The van der Waals surface area contributed by atoms with E-state index in [1.54, 1.807) is 0 Å². The minimum absolute atomic E-state index is 0.420. The van der Waals surface area contributed by atoms with Gasteiger partial charge in [-0.3, -0.25) is 4.79 Å². The van der Waals surface area contributed by atoms with Gasteiger partial charge >= 0.3 is 0 Å². The number of amides is 1. The van der Waals surface area contributed by atoms with Crippen molar-refractivity contribution in [2.45, 2.75) is 44.2 Å². The molecule has 0 aliphatic carbocycles. The van der Waals surface area contributed by atoms with Gasteiger partial charge in [0.2, 0.25) is 0 Å². The van der Waals surface area contributed by atoms with Crippen molar-refractivity contribution in [2.24, 2.45) is 0 Å². The Bertz CT molecular complexity index is 235. The minimum Gasteiger partial charge on any atom is -0.394 e. The molecule has 0 aromatic carbocycles. The molecule has 1 heterocycles. The highest BCUT2D eigenvalue weighted by Gasteiger charge is 2.45. The van der Waals surface area contributed by atoms with Gasteiger partial charge in [0.25, 0.3) is 5.91 Å². The van der Waals surface area contributed by atoms with Crippen LogP contribution in [0.2, 0.25) is 0 Å². The second-order valence-electron chi connectivity index (χ2n) is 3.90. The first-order valence-corrected chi connectivity index (χ1v) is 5.52. The van der Waals surface area contributed by atoms with Gasteiger partial charge in [0.1, 0.15) is 18.3 Å². The Morgan fingerprint density at radius 3 is 2.56 bits per heavy atom. The third-order valence-corrected chi connectivity index (χ3v) is 2.63. The van der Waals surface area contributed by atoms with Crippen molar-refractivity contribution >= 4 is 5.91 Å². The van der Waals surface area contributed by atoms with Crippen LogP contribution in [0, 0.1) is 0 Å². The number of unbranched alkanes of at least 4 members (excludes halogenated alkanes) is 1. The van der Waals surface area contributed by atoms with Crippen LogP contribution in [0.4, 0.5) is 0 Å². The van der Waals surface area contributed by atoms with E-state index in [2.05, 4.69) is 5.32 Å². The molecule has 1 aliphatic heterocycles. The van der Waals surface area contributed by atoms with E-state index in [0.717, 1.165) is 12.8 Å². The normalized spacial score (nSPS) is 34.0. The average molecular weight is 233 g/mol. The van der Waals surface area contributed by atoms with Gasteiger partial charge in [0, 0.05) is 6.54 Å². The molecule has 16 heavy (non-hydrogen) atoms. The molecule has 6 nitrogen and oxygen atoms in total. The van der Waals surface area contributed by atoms with Crippen molar-refractivity contribution in [1.82, 2.24) is 5.32 Å². The van der Waals surface area contributed by atoms with Crippen molar-refractivity contribution in [3.05, 3.63) is 0 Å². The van der Waals surface area contributed by atoms with Crippen LogP contribution in [0.5, 0.6) is 0 Å². The Labute approximate surface area is 94.2 Å². The molecule has 0 unspecified atom stereocenters. The first-order valence-electron chi connectivity index (χ1n) is 5.52. The summed E-state index contributed by atoms with van der Waals surface area (Å²) in [5.74, 6) is -0.448. The molecular formula is C10H19NO5. The van der Waals surface area contributed by atoms with Crippen LogP contribution in [-0.2, 0) is 9.53 Å². The van der Waals surface area contributed by atoms with E-state index < -0.39 is 36.9 Å². The maximum Gasteiger partial charge on any atom is 0.251 e. The summed E-state index contributed by atoms with van der Waals surface area (Å²) in [5.41, 5.74) is 0. The number of aliphatic hydroxyl groups is 3. The zero-order valence-electron chi connectivity index (χ0n) is 9.30. The molecule has 94 valence electrons. The first-order chi connectivity index (χ1) is 7.61. The number of rotatable bonds is 5. The van der Waals surface area contributed by atoms with Gasteiger partial charge in [-0.15, -0.1) is 0 Å². The molecule has 1 saturated heterocycles. The van der Waals surface area contributed by atoms with Crippen molar-refractivity contribution < 1.29 is 24.9 Å². The van der Waals surface area contributed by atoms with Crippen LogP contribution in [0.3, 0.4) is 0 Å². The number of nitrogens with one attached hydrogen (secondary N) is 1. The zero-order valence-corrected chi connectivity index (χ0v) is 9.30. The number of carbonyl (C=O) groups excluding carboxylic acids is 1. The maximum absolute atomic E-state index is 11.5. The highest BCUT2D eigenvalue weighted by molar-refractivity contribution is 5.81. The Hall–Kier alpha value is -0.690. The standard InChI is InChI=1S/C10H19NO5/c1-2-3-4-11-10(15)9-8(14)7(13)6(5-12)16-9/h6-9,12-14H,2-5H2,1H3,(H,11,15)/t6-,7-,8+,9+/m1/s1. The van der Waals surface area contributed by atoms with Crippen LogP contribution in [0.15, 0.2) is 0 Å². The number of ether oxygens (including phenoxy) is 1. The predicted molar refractivity (Wildman–Crippen MR) is 55.7 cm³/mol. The van der Waals surface area contributed by atoms with Crippen LogP contribution >= 0.6 is 0 Å². The van der Waals surface area contributed by atoms with E-state index in [1.807, 2.05) is 6.92 Å². The SMILES string of the molecule is CCCCNC(=O)[C@H]1O[C@H](CO)[C@@H](O)[C@@H]1O. The summed E-state index contributed by atoms with van der Waals surface area (Å²) in [4.78, 5) is 11.5. The Morgan fingerprint density at radius 2 is 2.06 bits per heavy atom. The fourth-order valence-corrected chi connectivity index (χ4v) is 1.61. The quantitative estimate of drug-likeness (QED) is 0.428. The fourth-order valence-electron chi connectivity index (χ4n) is 1.61. The van der Waals surface area contributed by atoms with Gasteiger partial charge in [-0.2, -0.15) is 0 Å². The largest absolute Gasteiger partial charge is 0.394 e. The molecule has 4 atom stereocenters. The summed E-state index contributed by atoms with van der Waals surface area (Å²) in [7, 11) is 0. The first kappa shape index (κ1) is 13.4. The molecule has 1 aliphatic rings. The minimum atomic E-state index is -1.28. The summed E-state index contributed by atoms with van der Waals surface area (Å²) in [5, 5.41) is 30.4. The van der Waals surface area contributed by atoms with Crippen LogP contribution in [-0.4, -0.2) is 58.8 Å². The summed E-state index contributed by atoms with van der Waals surface area (Å²) in [6.07, 6.45) is -2.68. The predicted octanol–water partition coefficient (Wildman–Crippen LogP) is -1.62. The molecule has 0 radical (unpaired) electrons. The Balaban J connectivity index is 2.44. The molecule has 0 saturated carbocycles. The summed E-state index contributed by atoms with van der Waals surface area (Å²) in [6.45, 7) is 2.09. The molecule has 0 bridgehead atoms. The monoisotopic (exact) mass is 233 g/mol. The lowest BCUT2D eigenvalue weighted by molar-refractivity contribution is -0.136. The fraction of sp³-hybridized carbons (Fsp3) is 0.900. The number of hydrogen-bond acceptors (Lipinski definition) is 5. The van der Waals surface area contributed by atoms with Gasteiger partial charge in [-0.05, 0) is 6.42 Å².